The Morgan fingerprint density at radius 3 is 2.27 bits per heavy atom. The van der Waals surface area contributed by atoms with Gasteiger partial charge in [0.25, 0.3) is 0 Å². The molecule has 11 heteroatoms. The molecule has 0 saturated heterocycles. The Hall–Kier alpha value is -3.31. The highest BCUT2D eigenvalue weighted by Gasteiger charge is 2.30. The van der Waals surface area contributed by atoms with Gasteiger partial charge in [0.1, 0.15) is 6.04 Å². The van der Waals surface area contributed by atoms with Crippen LogP contribution in [-0.2, 0) is 32.6 Å². The zero-order valence-corrected chi connectivity index (χ0v) is 24.7. The number of carbonyl (C=O) groups excluding carboxylic acids is 2. The van der Waals surface area contributed by atoms with Gasteiger partial charge in [-0.3, -0.25) is 13.9 Å². The number of carbonyl (C=O) groups is 2. The summed E-state index contributed by atoms with van der Waals surface area (Å²) < 4.78 is 53.9. The van der Waals surface area contributed by atoms with Crippen LogP contribution in [0.2, 0.25) is 0 Å². The Morgan fingerprint density at radius 1 is 0.950 bits per heavy atom. The lowest BCUT2D eigenvalue weighted by Gasteiger charge is -2.32. The second kappa shape index (κ2) is 14.4. The van der Waals surface area contributed by atoms with Crippen molar-refractivity contribution >= 4 is 43.5 Å². The van der Waals surface area contributed by atoms with Crippen LogP contribution in [0.4, 0.5) is 14.5 Å². The van der Waals surface area contributed by atoms with Crippen molar-refractivity contribution in [2.45, 2.75) is 38.8 Å². The first-order valence-electron chi connectivity index (χ1n) is 12.8. The molecule has 1 atom stereocenters. The molecular weight excluding hydrogens is 604 g/mol. The van der Waals surface area contributed by atoms with E-state index in [2.05, 4.69) is 21.2 Å². The molecule has 0 aromatic heterocycles. The summed E-state index contributed by atoms with van der Waals surface area (Å²) in [5.41, 5.74) is 1.65. The maximum atomic E-state index is 13.8. The molecule has 40 heavy (non-hydrogen) atoms. The van der Waals surface area contributed by atoms with Crippen molar-refractivity contribution in [3.63, 3.8) is 0 Å². The van der Waals surface area contributed by atoms with Crippen LogP contribution in [0.1, 0.15) is 30.9 Å². The first kappa shape index (κ1) is 31.2. The van der Waals surface area contributed by atoms with Gasteiger partial charge in [-0.15, -0.1) is 0 Å². The van der Waals surface area contributed by atoms with Crippen molar-refractivity contribution in [2.24, 2.45) is 0 Å². The summed E-state index contributed by atoms with van der Waals surface area (Å²) in [7, 11) is -3.85. The molecule has 3 aromatic rings. The number of anilines is 1. The average Bonchev–Trinajstić information content (AvgIpc) is 2.90. The van der Waals surface area contributed by atoms with E-state index in [0.29, 0.717) is 6.54 Å². The number of halogens is 3. The number of likely N-dealkylation sites (N-methyl/N-ethyl adjacent to an activating group) is 1. The average molecular weight is 637 g/mol. The summed E-state index contributed by atoms with van der Waals surface area (Å²) >= 11 is 3.45. The fourth-order valence-corrected chi connectivity index (χ4v) is 5.73. The summed E-state index contributed by atoms with van der Waals surface area (Å²) in [5, 5.41) is 2.83. The van der Waals surface area contributed by atoms with Crippen LogP contribution in [0.25, 0.3) is 0 Å². The molecule has 0 aliphatic rings. The van der Waals surface area contributed by atoms with Crippen molar-refractivity contribution in [2.75, 3.05) is 23.7 Å². The van der Waals surface area contributed by atoms with E-state index in [0.717, 1.165) is 38.3 Å². The fraction of sp³-hybridized carbons (Fsp3) is 0.310. The Balaban J connectivity index is 1.87. The molecule has 2 amide bonds. The minimum absolute atomic E-state index is 0.0379. The molecule has 0 aliphatic carbocycles. The third kappa shape index (κ3) is 8.85. The van der Waals surface area contributed by atoms with Gasteiger partial charge in [-0.2, -0.15) is 0 Å². The number of nitrogens with one attached hydrogen (secondary N) is 1. The number of hydrogen-bond donors (Lipinski definition) is 1. The molecule has 214 valence electrons. The lowest BCUT2D eigenvalue weighted by atomic mass is 10.0. The first-order valence-corrected chi connectivity index (χ1v) is 15.4. The van der Waals surface area contributed by atoms with Gasteiger partial charge >= 0.3 is 0 Å². The highest BCUT2D eigenvalue weighted by molar-refractivity contribution is 9.10. The fourth-order valence-electron chi connectivity index (χ4n) is 4.32. The van der Waals surface area contributed by atoms with Crippen molar-refractivity contribution in [1.29, 1.82) is 0 Å². The highest BCUT2D eigenvalue weighted by Crippen LogP contribution is 2.23. The van der Waals surface area contributed by atoms with Crippen LogP contribution in [0.5, 0.6) is 0 Å². The predicted octanol–water partition coefficient (Wildman–Crippen LogP) is 5.05. The Labute approximate surface area is 242 Å². The molecule has 0 bridgehead atoms. The molecule has 0 radical (unpaired) electrons. The standard InChI is InChI=1S/C29H32BrF2N3O4S/c1-3-33-29(37)27(18-21-9-5-4-6-10-21)34(20-22-11-7-12-23(30)17-22)28(36)13-8-16-35(40(2,38)39)24-14-15-25(31)26(32)19-24/h4-7,9-12,14-15,17,19,27H,3,8,13,16,18,20H2,1-2H3,(H,33,37). The third-order valence-corrected chi connectivity index (χ3v) is 7.89. The maximum absolute atomic E-state index is 13.8. The third-order valence-electron chi connectivity index (χ3n) is 6.21. The summed E-state index contributed by atoms with van der Waals surface area (Å²) in [6.45, 7) is 2.22. The molecule has 7 nitrogen and oxygen atoms in total. The van der Waals surface area contributed by atoms with Gasteiger partial charge in [0, 0.05) is 43.0 Å². The summed E-state index contributed by atoms with van der Waals surface area (Å²) in [5.74, 6) is -2.90. The van der Waals surface area contributed by atoms with E-state index in [-0.39, 0.29) is 49.9 Å². The SMILES string of the molecule is CCNC(=O)C(Cc1ccccc1)N(Cc1cccc(Br)c1)C(=O)CCCN(c1ccc(F)c(F)c1)S(C)(=O)=O. The quantitative estimate of drug-likeness (QED) is 0.285. The zero-order chi connectivity index (χ0) is 29.3. The van der Waals surface area contributed by atoms with Crippen LogP contribution in [0.3, 0.4) is 0 Å². The van der Waals surface area contributed by atoms with Gasteiger partial charge < -0.3 is 10.2 Å². The molecule has 3 rings (SSSR count). The minimum atomic E-state index is -3.85. The van der Waals surface area contributed by atoms with Crippen LogP contribution in [-0.4, -0.2) is 50.5 Å². The Bertz CT molecular complexity index is 1420. The van der Waals surface area contributed by atoms with E-state index < -0.39 is 27.7 Å². The molecule has 1 unspecified atom stereocenters. The van der Waals surface area contributed by atoms with E-state index in [1.807, 2.05) is 54.6 Å². The topological polar surface area (TPSA) is 86.8 Å². The van der Waals surface area contributed by atoms with Gasteiger partial charge in [-0.1, -0.05) is 58.4 Å². The Kier molecular flexibility index (Phi) is 11.2. The van der Waals surface area contributed by atoms with Crippen LogP contribution in [0.15, 0.2) is 77.3 Å². The van der Waals surface area contributed by atoms with E-state index in [9.17, 15) is 26.8 Å². The first-order chi connectivity index (χ1) is 19.0. The second-order valence-electron chi connectivity index (χ2n) is 9.29. The highest BCUT2D eigenvalue weighted by atomic mass is 79.9. The summed E-state index contributed by atoms with van der Waals surface area (Å²) in [6, 6.07) is 18.8. The predicted molar refractivity (Wildman–Crippen MR) is 155 cm³/mol. The number of amides is 2. The van der Waals surface area contributed by atoms with Crippen LogP contribution in [0, 0.1) is 11.6 Å². The summed E-state index contributed by atoms with van der Waals surface area (Å²) in [4.78, 5) is 28.5. The van der Waals surface area contributed by atoms with Crippen LogP contribution >= 0.6 is 15.9 Å². The van der Waals surface area contributed by atoms with Gasteiger partial charge in [-0.05, 0) is 48.7 Å². The van der Waals surface area contributed by atoms with Crippen LogP contribution < -0.4 is 9.62 Å². The largest absolute Gasteiger partial charge is 0.355 e. The lowest BCUT2D eigenvalue weighted by Crippen LogP contribution is -2.50. The molecular formula is C29H32BrF2N3O4S. The van der Waals surface area contributed by atoms with Crippen molar-refractivity contribution in [1.82, 2.24) is 10.2 Å². The molecule has 0 saturated carbocycles. The summed E-state index contributed by atoms with van der Waals surface area (Å²) in [6.07, 6.45) is 1.26. The molecule has 0 aliphatic heterocycles. The van der Waals surface area contributed by atoms with Crippen molar-refractivity contribution in [3.8, 4) is 0 Å². The van der Waals surface area contributed by atoms with E-state index in [4.69, 9.17) is 0 Å². The van der Waals surface area contributed by atoms with Gasteiger partial charge in [0.05, 0.1) is 11.9 Å². The second-order valence-corrected chi connectivity index (χ2v) is 12.1. The number of benzene rings is 3. The number of rotatable bonds is 13. The van der Waals surface area contributed by atoms with E-state index in [1.54, 1.807) is 6.92 Å². The smallest absolute Gasteiger partial charge is 0.243 e. The van der Waals surface area contributed by atoms with Crippen molar-refractivity contribution < 1.29 is 26.8 Å². The van der Waals surface area contributed by atoms with Crippen molar-refractivity contribution in [3.05, 3.63) is 100 Å². The Morgan fingerprint density at radius 2 is 1.65 bits per heavy atom. The number of hydrogen-bond acceptors (Lipinski definition) is 4. The number of sulfonamides is 1. The maximum Gasteiger partial charge on any atom is 0.243 e. The molecule has 0 heterocycles. The monoisotopic (exact) mass is 635 g/mol. The van der Waals surface area contributed by atoms with Gasteiger partial charge in [0.2, 0.25) is 21.8 Å². The minimum Gasteiger partial charge on any atom is -0.355 e. The van der Waals surface area contributed by atoms with Gasteiger partial charge in [0.15, 0.2) is 11.6 Å². The lowest BCUT2D eigenvalue weighted by molar-refractivity contribution is -0.141. The number of nitrogens with zero attached hydrogens (tertiary/aromatic N) is 2. The molecule has 0 spiro atoms. The zero-order valence-electron chi connectivity index (χ0n) is 22.3. The molecule has 0 fully saturated rings. The van der Waals surface area contributed by atoms with E-state index >= 15 is 0 Å². The normalized spacial score (nSPS) is 12.0. The molecule has 1 N–H and O–H groups in total. The molecule has 3 aromatic carbocycles. The van der Waals surface area contributed by atoms with Gasteiger partial charge in [-0.25, -0.2) is 17.2 Å². The van der Waals surface area contributed by atoms with E-state index in [1.165, 1.54) is 11.0 Å².